The number of nitrogens with one attached hydrogen (secondary N) is 2. The fourth-order valence-corrected chi connectivity index (χ4v) is 2.17. The normalized spacial score (nSPS) is 12.3. The Labute approximate surface area is 123 Å². The summed E-state index contributed by atoms with van der Waals surface area (Å²) in [6.45, 7) is 5.34. The van der Waals surface area contributed by atoms with E-state index in [0.717, 1.165) is 19.3 Å². The minimum absolute atomic E-state index is 0.226. The number of anilines is 2. The highest BCUT2D eigenvalue weighted by Crippen LogP contribution is 2.13. The quantitative estimate of drug-likeness (QED) is 0.676. The minimum Gasteiger partial charge on any atom is -0.383 e. The van der Waals surface area contributed by atoms with Crippen molar-refractivity contribution in [3.8, 4) is 0 Å². The van der Waals surface area contributed by atoms with E-state index >= 15 is 0 Å². The van der Waals surface area contributed by atoms with E-state index in [4.69, 9.17) is 5.73 Å². The number of thioether (sulfide) groups is 1. The lowest BCUT2D eigenvalue weighted by Gasteiger charge is -2.14. The summed E-state index contributed by atoms with van der Waals surface area (Å²) < 4.78 is 1.42. The zero-order chi connectivity index (χ0) is 15.1. The molecular weight excluding hydrogens is 276 g/mol. The van der Waals surface area contributed by atoms with Gasteiger partial charge in [0.2, 0.25) is 0 Å². The van der Waals surface area contributed by atoms with Crippen molar-refractivity contribution in [2.75, 3.05) is 23.9 Å². The summed E-state index contributed by atoms with van der Waals surface area (Å²) >= 11 is 1.77. The summed E-state index contributed by atoms with van der Waals surface area (Å²) in [5.41, 5.74) is 5.36. The van der Waals surface area contributed by atoms with Crippen LogP contribution in [0.3, 0.4) is 0 Å². The Kier molecular flexibility index (Phi) is 6.70. The smallest absolute Gasteiger partial charge is 0.330 e. The number of nitrogen functional groups attached to an aromatic ring is 1. The molecule has 0 spiro atoms. The number of nitrogens with zero attached hydrogens (tertiary/aromatic N) is 1. The van der Waals surface area contributed by atoms with Crippen molar-refractivity contribution in [2.24, 2.45) is 0 Å². The summed E-state index contributed by atoms with van der Waals surface area (Å²) in [6.07, 6.45) is 4.78. The van der Waals surface area contributed by atoms with E-state index in [1.807, 2.05) is 6.92 Å². The van der Waals surface area contributed by atoms with Gasteiger partial charge in [-0.1, -0.05) is 20.3 Å². The molecule has 0 saturated heterocycles. The van der Waals surface area contributed by atoms with Gasteiger partial charge in [-0.3, -0.25) is 14.3 Å². The third kappa shape index (κ3) is 4.33. The lowest BCUT2D eigenvalue weighted by molar-refractivity contribution is 0.605. The fraction of sp³-hybridized carbons (Fsp3) is 0.692. The molecule has 0 aliphatic rings. The van der Waals surface area contributed by atoms with Crippen LogP contribution in [0.5, 0.6) is 0 Å². The molecule has 1 atom stereocenters. The number of H-pyrrole nitrogens is 1. The Morgan fingerprint density at radius 3 is 2.75 bits per heavy atom. The number of aromatic amines is 1. The second-order valence-corrected chi connectivity index (χ2v) is 6.06. The van der Waals surface area contributed by atoms with Gasteiger partial charge in [0.25, 0.3) is 5.56 Å². The number of unbranched alkanes of at least 4 members (excludes halogenated alkanes) is 1. The van der Waals surface area contributed by atoms with Crippen molar-refractivity contribution in [1.82, 2.24) is 9.55 Å². The van der Waals surface area contributed by atoms with Crippen molar-refractivity contribution in [2.45, 2.75) is 44.9 Å². The Balaban J connectivity index is 2.90. The molecule has 0 amide bonds. The second kappa shape index (κ2) is 8.04. The number of hydrogen-bond acceptors (Lipinski definition) is 5. The lowest BCUT2D eigenvalue weighted by atomic mass is 10.3. The van der Waals surface area contributed by atoms with E-state index in [0.29, 0.717) is 24.0 Å². The van der Waals surface area contributed by atoms with Crippen LogP contribution in [-0.4, -0.2) is 27.6 Å². The SMILES string of the molecule is CCCCn1c(N)c(NCCC(C)SC)c(=O)[nH]c1=O. The highest BCUT2D eigenvalue weighted by molar-refractivity contribution is 7.99. The van der Waals surface area contributed by atoms with Gasteiger partial charge in [0, 0.05) is 18.3 Å². The zero-order valence-corrected chi connectivity index (χ0v) is 13.2. The first-order valence-electron chi connectivity index (χ1n) is 6.90. The van der Waals surface area contributed by atoms with Crippen LogP contribution in [0.2, 0.25) is 0 Å². The predicted molar refractivity (Wildman–Crippen MR) is 86.7 cm³/mol. The summed E-state index contributed by atoms with van der Waals surface area (Å²) in [6, 6.07) is 0. The summed E-state index contributed by atoms with van der Waals surface area (Å²) in [4.78, 5) is 25.9. The molecule has 4 N–H and O–H groups in total. The van der Waals surface area contributed by atoms with Crippen molar-refractivity contribution >= 4 is 23.3 Å². The molecule has 0 saturated carbocycles. The summed E-state index contributed by atoms with van der Waals surface area (Å²) in [5.74, 6) is 0.226. The molecule has 0 radical (unpaired) electrons. The van der Waals surface area contributed by atoms with Crippen LogP contribution in [0, 0.1) is 0 Å². The third-order valence-corrected chi connectivity index (χ3v) is 4.27. The molecule has 0 aromatic carbocycles. The van der Waals surface area contributed by atoms with E-state index in [1.165, 1.54) is 4.57 Å². The largest absolute Gasteiger partial charge is 0.383 e. The number of rotatable bonds is 8. The van der Waals surface area contributed by atoms with Crippen molar-refractivity contribution in [3.05, 3.63) is 20.8 Å². The monoisotopic (exact) mass is 300 g/mol. The molecule has 0 aliphatic heterocycles. The van der Waals surface area contributed by atoms with Gasteiger partial charge < -0.3 is 11.1 Å². The first kappa shape index (κ1) is 16.7. The molecule has 0 bridgehead atoms. The topological polar surface area (TPSA) is 92.9 Å². The Hall–Kier alpha value is -1.37. The standard InChI is InChI=1S/C13H24N4O2S/c1-4-5-8-17-11(14)10(12(18)16-13(17)19)15-7-6-9(2)20-3/h9,15H,4-8,14H2,1-3H3,(H,16,18,19). The molecule has 20 heavy (non-hydrogen) atoms. The first-order valence-corrected chi connectivity index (χ1v) is 8.19. The maximum absolute atomic E-state index is 11.8. The van der Waals surface area contributed by atoms with Crippen LogP contribution in [0.25, 0.3) is 0 Å². The average molecular weight is 300 g/mol. The fourth-order valence-electron chi connectivity index (χ4n) is 1.82. The molecule has 0 aliphatic carbocycles. The van der Waals surface area contributed by atoms with Gasteiger partial charge in [0.15, 0.2) is 0 Å². The highest BCUT2D eigenvalue weighted by Gasteiger charge is 2.11. The number of nitrogens with two attached hydrogens (primary N) is 1. The van der Waals surface area contributed by atoms with Gasteiger partial charge in [0.1, 0.15) is 11.5 Å². The van der Waals surface area contributed by atoms with Gasteiger partial charge >= 0.3 is 5.69 Å². The van der Waals surface area contributed by atoms with Crippen molar-refractivity contribution < 1.29 is 0 Å². The third-order valence-electron chi connectivity index (χ3n) is 3.23. The van der Waals surface area contributed by atoms with Crippen LogP contribution in [0.4, 0.5) is 11.5 Å². The van der Waals surface area contributed by atoms with Gasteiger partial charge in [-0.25, -0.2) is 4.79 Å². The molecule has 1 rings (SSSR count). The van der Waals surface area contributed by atoms with Gasteiger partial charge in [0.05, 0.1) is 0 Å². The lowest BCUT2D eigenvalue weighted by Crippen LogP contribution is -2.34. The van der Waals surface area contributed by atoms with Crippen LogP contribution in [0.15, 0.2) is 9.59 Å². The molecule has 114 valence electrons. The van der Waals surface area contributed by atoms with E-state index in [2.05, 4.69) is 23.5 Å². The van der Waals surface area contributed by atoms with E-state index < -0.39 is 11.2 Å². The molecule has 1 aromatic heterocycles. The van der Waals surface area contributed by atoms with Crippen molar-refractivity contribution in [3.63, 3.8) is 0 Å². The van der Waals surface area contributed by atoms with E-state index in [1.54, 1.807) is 11.8 Å². The Morgan fingerprint density at radius 1 is 1.45 bits per heavy atom. The zero-order valence-electron chi connectivity index (χ0n) is 12.4. The van der Waals surface area contributed by atoms with Crippen LogP contribution in [-0.2, 0) is 6.54 Å². The molecule has 7 heteroatoms. The maximum atomic E-state index is 11.8. The van der Waals surface area contributed by atoms with E-state index in [-0.39, 0.29) is 5.82 Å². The first-order chi connectivity index (χ1) is 9.51. The number of hydrogen-bond donors (Lipinski definition) is 3. The van der Waals surface area contributed by atoms with Crippen LogP contribution < -0.4 is 22.3 Å². The minimum atomic E-state index is -0.447. The molecule has 6 nitrogen and oxygen atoms in total. The molecule has 0 fully saturated rings. The van der Waals surface area contributed by atoms with Gasteiger partial charge in [-0.05, 0) is 19.1 Å². The highest BCUT2D eigenvalue weighted by atomic mass is 32.2. The van der Waals surface area contributed by atoms with Crippen LogP contribution >= 0.6 is 11.8 Å². The molecule has 1 unspecified atom stereocenters. The summed E-state index contributed by atoms with van der Waals surface area (Å²) in [5, 5.41) is 3.56. The maximum Gasteiger partial charge on any atom is 0.330 e. The van der Waals surface area contributed by atoms with E-state index in [9.17, 15) is 9.59 Å². The van der Waals surface area contributed by atoms with Gasteiger partial charge in [-0.2, -0.15) is 11.8 Å². The second-order valence-electron chi connectivity index (χ2n) is 4.79. The molecule has 1 heterocycles. The molecular formula is C13H24N4O2S. The predicted octanol–water partition coefficient (Wildman–Crippen LogP) is 1.47. The summed E-state index contributed by atoms with van der Waals surface area (Å²) in [7, 11) is 0. The Morgan fingerprint density at radius 2 is 2.15 bits per heavy atom. The Bertz CT molecular complexity index is 538. The molecule has 1 aromatic rings. The van der Waals surface area contributed by atoms with Gasteiger partial charge in [-0.15, -0.1) is 0 Å². The van der Waals surface area contributed by atoms with Crippen molar-refractivity contribution in [1.29, 1.82) is 0 Å². The average Bonchev–Trinajstić information content (AvgIpc) is 2.41. The van der Waals surface area contributed by atoms with Crippen LogP contribution in [0.1, 0.15) is 33.1 Å². The number of aromatic nitrogens is 2.